The van der Waals surface area contributed by atoms with Crippen molar-refractivity contribution in [2.45, 2.75) is 0 Å². The number of hydrogen-bond donors (Lipinski definition) is 0. The molecular formula is C68H43N3OS. The molecule has 12 aromatic carbocycles. The van der Waals surface area contributed by atoms with Gasteiger partial charge in [-0.3, -0.25) is 0 Å². The molecule has 4 nitrogen and oxygen atoms in total. The third kappa shape index (κ3) is 6.67. The van der Waals surface area contributed by atoms with Crippen molar-refractivity contribution < 1.29 is 4.42 Å². The summed E-state index contributed by atoms with van der Waals surface area (Å²) in [6.45, 7) is 0. The Balaban J connectivity index is 1.05. The number of para-hydroxylation sites is 4. The van der Waals surface area contributed by atoms with Crippen LogP contribution in [0, 0.1) is 0 Å². The zero-order valence-electron chi connectivity index (χ0n) is 39.5. The number of anilines is 6. The molecule has 342 valence electrons. The highest BCUT2D eigenvalue weighted by molar-refractivity contribution is 7.25. The summed E-state index contributed by atoms with van der Waals surface area (Å²) in [6, 6.07) is 95.0. The van der Waals surface area contributed by atoms with Crippen LogP contribution in [0.5, 0.6) is 0 Å². The third-order valence-electron chi connectivity index (χ3n) is 14.7. The first-order valence-electron chi connectivity index (χ1n) is 24.8. The third-order valence-corrected chi connectivity index (χ3v) is 15.8. The Labute approximate surface area is 425 Å². The number of aromatic nitrogens is 1. The van der Waals surface area contributed by atoms with Gasteiger partial charge in [-0.15, -0.1) is 11.3 Å². The average molecular weight is 950 g/mol. The van der Waals surface area contributed by atoms with Crippen LogP contribution in [0.25, 0.3) is 102 Å². The second-order valence-corrected chi connectivity index (χ2v) is 19.9. The number of rotatable bonds is 8. The Morgan fingerprint density at radius 2 is 0.890 bits per heavy atom. The minimum Gasteiger partial charge on any atom is -0.456 e. The summed E-state index contributed by atoms with van der Waals surface area (Å²) in [7, 11) is 0. The molecule has 0 aliphatic heterocycles. The molecule has 0 aliphatic rings. The van der Waals surface area contributed by atoms with Crippen LogP contribution in [-0.4, -0.2) is 4.57 Å². The summed E-state index contributed by atoms with van der Waals surface area (Å²) in [6.07, 6.45) is 0. The monoisotopic (exact) mass is 949 g/mol. The zero-order chi connectivity index (χ0) is 48.0. The Morgan fingerprint density at radius 1 is 0.329 bits per heavy atom. The summed E-state index contributed by atoms with van der Waals surface area (Å²) in [4.78, 5) is 4.82. The fourth-order valence-electron chi connectivity index (χ4n) is 11.5. The average Bonchev–Trinajstić information content (AvgIpc) is 4.13. The molecule has 0 aliphatic carbocycles. The van der Waals surface area contributed by atoms with Gasteiger partial charge < -0.3 is 18.8 Å². The van der Waals surface area contributed by atoms with Crippen LogP contribution in [0.1, 0.15) is 0 Å². The summed E-state index contributed by atoms with van der Waals surface area (Å²) < 4.78 is 11.6. The Kier molecular flexibility index (Phi) is 9.41. The maximum atomic E-state index is 6.60. The maximum Gasteiger partial charge on any atom is 0.137 e. The Hall–Kier alpha value is -9.42. The Bertz CT molecular complexity index is 4590. The number of nitrogens with zero attached hydrogens (tertiary/aromatic N) is 3. The molecule has 0 bridgehead atoms. The standard InChI is InChI=1S/C68H43N3OS/c1-4-19-46(20-5-1)69(47-21-6-2-7-22-47)51-38-45(39-52(40-51)70(48-23-8-3-9-24-48)49-34-37-66-61(41-49)57-28-15-17-31-65(57)73-66)60-43-62-67(58-29-13-12-26-54(58)60)59-35-32-44-18-10-11-25-53(44)68(59)71(62)50-33-36-56-55-27-14-16-30-63(55)72-64(56)42-50/h1-43H. The van der Waals surface area contributed by atoms with E-state index in [-0.39, 0.29) is 0 Å². The second kappa shape index (κ2) is 16.6. The molecule has 3 aromatic heterocycles. The molecule has 0 saturated carbocycles. The number of benzene rings is 12. The van der Waals surface area contributed by atoms with Gasteiger partial charge in [-0.1, -0.05) is 152 Å². The van der Waals surface area contributed by atoms with Gasteiger partial charge in [-0.05, 0) is 130 Å². The lowest BCUT2D eigenvalue weighted by molar-refractivity contribution is 0.668. The Morgan fingerprint density at radius 3 is 1.62 bits per heavy atom. The summed E-state index contributed by atoms with van der Waals surface area (Å²) in [5.41, 5.74) is 13.7. The first-order valence-corrected chi connectivity index (χ1v) is 25.6. The van der Waals surface area contributed by atoms with Gasteiger partial charge in [0.1, 0.15) is 11.2 Å². The van der Waals surface area contributed by atoms with E-state index in [9.17, 15) is 0 Å². The van der Waals surface area contributed by atoms with E-state index in [1.807, 2.05) is 17.4 Å². The first kappa shape index (κ1) is 41.4. The van der Waals surface area contributed by atoms with Crippen molar-refractivity contribution >= 4 is 131 Å². The molecule has 5 heteroatoms. The fourth-order valence-corrected chi connectivity index (χ4v) is 12.6. The normalized spacial score (nSPS) is 11.8. The molecule has 0 radical (unpaired) electrons. The molecule has 0 N–H and O–H groups in total. The predicted molar refractivity (Wildman–Crippen MR) is 311 cm³/mol. The van der Waals surface area contributed by atoms with Crippen LogP contribution >= 0.6 is 11.3 Å². The topological polar surface area (TPSA) is 24.6 Å². The van der Waals surface area contributed by atoms with E-state index in [1.54, 1.807) is 0 Å². The zero-order valence-corrected chi connectivity index (χ0v) is 40.3. The largest absolute Gasteiger partial charge is 0.456 e. The van der Waals surface area contributed by atoms with E-state index in [4.69, 9.17) is 4.42 Å². The van der Waals surface area contributed by atoms with Crippen LogP contribution in [0.2, 0.25) is 0 Å². The summed E-state index contributed by atoms with van der Waals surface area (Å²) in [5.74, 6) is 0. The van der Waals surface area contributed by atoms with Gasteiger partial charge in [0.25, 0.3) is 0 Å². The van der Waals surface area contributed by atoms with E-state index >= 15 is 0 Å². The van der Waals surface area contributed by atoms with Crippen molar-refractivity contribution in [3.8, 4) is 16.8 Å². The van der Waals surface area contributed by atoms with Crippen LogP contribution < -0.4 is 9.80 Å². The second-order valence-electron chi connectivity index (χ2n) is 18.9. The van der Waals surface area contributed by atoms with Gasteiger partial charge in [0, 0.05) is 93.0 Å². The SMILES string of the molecule is c1ccc(N(c2ccccc2)c2cc(-c3cc4c(c5ccccc35)c3ccc5ccccc5c3n4-c3ccc4c(c3)oc3ccccc34)cc(N(c3ccccc3)c3ccc4sc5ccccc5c4c3)c2)cc1. The lowest BCUT2D eigenvalue weighted by Crippen LogP contribution is -2.13. The molecule has 0 amide bonds. The van der Waals surface area contributed by atoms with Crippen molar-refractivity contribution in [1.82, 2.24) is 4.57 Å². The summed E-state index contributed by atoms with van der Waals surface area (Å²) >= 11 is 1.85. The van der Waals surface area contributed by atoms with Gasteiger partial charge in [0.15, 0.2) is 0 Å². The number of furan rings is 1. The van der Waals surface area contributed by atoms with E-state index in [1.165, 1.54) is 58.0 Å². The van der Waals surface area contributed by atoms with Crippen LogP contribution in [0.3, 0.4) is 0 Å². The molecule has 15 aromatic rings. The minimum absolute atomic E-state index is 0.865. The maximum absolute atomic E-state index is 6.60. The molecule has 0 spiro atoms. The highest BCUT2D eigenvalue weighted by Crippen LogP contribution is 2.49. The molecule has 0 atom stereocenters. The molecule has 0 unspecified atom stereocenters. The number of fused-ring (bicyclic) bond motifs is 13. The van der Waals surface area contributed by atoms with Crippen molar-refractivity contribution in [3.63, 3.8) is 0 Å². The lowest BCUT2D eigenvalue weighted by atomic mass is 9.93. The lowest BCUT2D eigenvalue weighted by Gasteiger charge is -2.30. The van der Waals surface area contributed by atoms with Gasteiger partial charge in [-0.2, -0.15) is 0 Å². The minimum atomic E-state index is 0.865. The van der Waals surface area contributed by atoms with Gasteiger partial charge in [0.2, 0.25) is 0 Å². The van der Waals surface area contributed by atoms with Crippen molar-refractivity contribution in [2.24, 2.45) is 0 Å². The van der Waals surface area contributed by atoms with Crippen molar-refractivity contribution in [1.29, 1.82) is 0 Å². The van der Waals surface area contributed by atoms with E-state index in [0.29, 0.717) is 0 Å². The fraction of sp³-hybridized carbons (Fsp3) is 0. The molecular weight excluding hydrogens is 907 g/mol. The van der Waals surface area contributed by atoms with Crippen LogP contribution in [0.4, 0.5) is 34.1 Å². The van der Waals surface area contributed by atoms with E-state index in [0.717, 1.165) is 78.4 Å². The predicted octanol–water partition coefficient (Wildman–Crippen LogP) is 20.0. The van der Waals surface area contributed by atoms with Crippen LogP contribution in [0.15, 0.2) is 265 Å². The molecule has 3 heterocycles. The highest BCUT2D eigenvalue weighted by atomic mass is 32.1. The highest BCUT2D eigenvalue weighted by Gasteiger charge is 2.24. The summed E-state index contributed by atoms with van der Waals surface area (Å²) in [5, 5.41) is 12.0. The van der Waals surface area contributed by atoms with Crippen molar-refractivity contribution in [2.75, 3.05) is 9.80 Å². The van der Waals surface area contributed by atoms with E-state index < -0.39 is 0 Å². The number of thiophene rings is 1. The molecule has 0 fully saturated rings. The molecule has 0 saturated heterocycles. The molecule has 73 heavy (non-hydrogen) atoms. The molecule has 15 rings (SSSR count). The van der Waals surface area contributed by atoms with Crippen LogP contribution in [-0.2, 0) is 0 Å². The van der Waals surface area contributed by atoms with E-state index in [2.05, 4.69) is 269 Å². The van der Waals surface area contributed by atoms with Gasteiger partial charge in [-0.25, -0.2) is 0 Å². The van der Waals surface area contributed by atoms with Gasteiger partial charge >= 0.3 is 0 Å². The first-order chi connectivity index (χ1) is 36.2. The van der Waals surface area contributed by atoms with Gasteiger partial charge in [0.05, 0.1) is 11.0 Å². The quantitative estimate of drug-likeness (QED) is 0.152. The van der Waals surface area contributed by atoms with Crippen molar-refractivity contribution in [3.05, 3.63) is 261 Å². The number of hydrogen-bond acceptors (Lipinski definition) is 4. The smallest absolute Gasteiger partial charge is 0.137 e.